The Hall–Kier alpha value is -2.06. The first-order valence-corrected chi connectivity index (χ1v) is 6.01. The van der Waals surface area contributed by atoms with Crippen LogP contribution in [0.5, 0.6) is 0 Å². The molecule has 0 aliphatic rings. The maximum Gasteiger partial charge on any atom is 0.340 e. The molecule has 0 saturated heterocycles. The first-order chi connectivity index (χ1) is 9.06. The average molecular weight is 282 g/mol. The highest BCUT2D eigenvalue weighted by Crippen LogP contribution is 2.24. The number of hydrogen-bond acceptors (Lipinski definition) is 5. The van der Waals surface area contributed by atoms with Crippen LogP contribution in [-0.2, 0) is 9.47 Å². The molecule has 0 aliphatic carbocycles. The molecule has 0 spiro atoms. The summed E-state index contributed by atoms with van der Waals surface area (Å²) >= 11 is 5.85. The molecule has 19 heavy (non-hydrogen) atoms. The smallest absolute Gasteiger partial charge is 0.340 e. The molecule has 5 nitrogen and oxygen atoms in total. The summed E-state index contributed by atoms with van der Waals surface area (Å²) in [5, 5.41) is 9.14. The number of benzene rings is 1. The SMILES string of the molecule is CCOC(=O)c1ccc(Cl)c(C#N)c1C(=O)OCC. The topological polar surface area (TPSA) is 76.4 Å². The summed E-state index contributed by atoms with van der Waals surface area (Å²) in [6.07, 6.45) is 0. The van der Waals surface area contributed by atoms with E-state index in [1.165, 1.54) is 12.1 Å². The van der Waals surface area contributed by atoms with Crippen LogP contribution in [0.2, 0.25) is 5.02 Å². The molecule has 0 atom stereocenters. The molecule has 0 saturated carbocycles. The number of hydrogen-bond donors (Lipinski definition) is 0. The predicted octanol–water partition coefficient (Wildman–Crippen LogP) is 2.57. The van der Waals surface area contributed by atoms with E-state index in [9.17, 15) is 9.59 Å². The molecule has 1 rings (SSSR count). The van der Waals surface area contributed by atoms with Crippen molar-refractivity contribution in [3.8, 4) is 6.07 Å². The minimum Gasteiger partial charge on any atom is -0.462 e. The second kappa shape index (κ2) is 6.76. The number of rotatable bonds is 4. The summed E-state index contributed by atoms with van der Waals surface area (Å²) in [5.41, 5.74) is -0.276. The summed E-state index contributed by atoms with van der Waals surface area (Å²) in [7, 11) is 0. The van der Waals surface area contributed by atoms with E-state index in [0.717, 1.165) is 0 Å². The fourth-order valence-corrected chi connectivity index (χ4v) is 1.68. The first-order valence-electron chi connectivity index (χ1n) is 5.63. The largest absolute Gasteiger partial charge is 0.462 e. The molecular weight excluding hydrogens is 270 g/mol. The highest BCUT2D eigenvalue weighted by molar-refractivity contribution is 6.32. The number of nitrogens with zero attached hydrogens (tertiary/aromatic N) is 1. The van der Waals surface area contributed by atoms with Gasteiger partial charge in [-0.15, -0.1) is 0 Å². The van der Waals surface area contributed by atoms with Gasteiger partial charge in [0.05, 0.1) is 34.9 Å². The summed E-state index contributed by atoms with van der Waals surface area (Å²) in [6, 6.07) is 4.51. The fourth-order valence-electron chi connectivity index (χ4n) is 1.48. The van der Waals surface area contributed by atoms with Gasteiger partial charge in [-0.3, -0.25) is 0 Å². The molecule has 100 valence electrons. The molecule has 0 aromatic heterocycles. The van der Waals surface area contributed by atoms with Crippen LogP contribution in [0.3, 0.4) is 0 Å². The Morgan fingerprint density at radius 3 is 2.32 bits per heavy atom. The van der Waals surface area contributed by atoms with Crippen molar-refractivity contribution in [2.75, 3.05) is 13.2 Å². The normalized spacial score (nSPS) is 9.58. The Bertz CT molecular complexity index is 548. The van der Waals surface area contributed by atoms with E-state index < -0.39 is 11.9 Å². The standard InChI is InChI=1S/C13H12ClNO4/c1-3-18-12(16)8-5-6-10(14)9(7-15)11(8)13(17)19-4-2/h5-6H,3-4H2,1-2H3. The van der Waals surface area contributed by atoms with Gasteiger partial charge < -0.3 is 9.47 Å². The Balaban J connectivity index is 3.43. The molecule has 6 heteroatoms. The molecular formula is C13H12ClNO4. The van der Waals surface area contributed by atoms with E-state index in [1.54, 1.807) is 19.9 Å². The molecule has 0 bridgehead atoms. The minimum absolute atomic E-state index is 0.0266. The van der Waals surface area contributed by atoms with E-state index >= 15 is 0 Å². The van der Waals surface area contributed by atoms with Crippen LogP contribution >= 0.6 is 11.6 Å². The third kappa shape index (κ3) is 3.24. The number of halogens is 1. The third-order valence-corrected chi connectivity index (χ3v) is 2.56. The van der Waals surface area contributed by atoms with Gasteiger partial charge in [-0.2, -0.15) is 5.26 Å². The third-order valence-electron chi connectivity index (χ3n) is 2.24. The lowest BCUT2D eigenvalue weighted by Crippen LogP contribution is -2.16. The first kappa shape index (κ1) is 15.0. The molecule has 0 fully saturated rings. The van der Waals surface area contributed by atoms with Crippen molar-refractivity contribution < 1.29 is 19.1 Å². The monoisotopic (exact) mass is 281 g/mol. The van der Waals surface area contributed by atoms with Gasteiger partial charge >= 0.3 is 11.9 Å². The van der Waals surface area contributed by atoms with E-state index in [4.69, 9.17) is 26.3 Å². The fraction of sp³-hybridized carbons (Fsp3) is 0.308. The molecule has 1 aromatic carbocycles. The van der Waals surface area contributed by atoms with Gasteiger partial charge in [-0.05, 0) is 26.0 Å². The van der Waals surface area contributed by atoms with E-state index in [2.05, 4.69) is 0 Å². The number of carbonyl (C=O) groups excluding carboxylic acids is 2. The Labute approximate surface area is 115 Å². The van der Waals surface area contributed by atoms with Gasteiger partial charge in [-0.1, -0.05) is 11.6 Å². The molecule has 0 N–H and O–H groups in total. The van der Waals surface area contributed by atoms with Crippen molar-refractivity contribution in [3.05, 3.63) is 33.8 Å². The van der Waals surface area contributed by atoms with Crippen molar-refractivity contribution in [1.82, 2.24) is 0 Å². The van der Waals surface area contributed by atoms with Crippen LogP contribution in [0.25, 0.3) is 0 Å². The molecule has 0 amide bonds. The van der Waals surface area contributed by atoms with E-state index in [-0.39, 0.29) is 34.9 Å². The van der Waals surface area contributed by atoms with Gasteiger partial charge in [0, 0.05) is 0 Å². The van der Waals surface area contributed by atoms with Crippen LogP contribution in [0.15, 0.2) is 12.1 Å². The zero-order valence-electron chi connectivity index (χ0n) is 10.5. The van der Waals surface area contributed by atoms with Crippen molar-refractivity contribution in [2.45, 2.75) is 13.8 Å². The second-order valence-corrected chi connectivity index (χ2v) is 3.80. The predicted molar refractivity (Wildman–Crippen MR) is 68.1 cm³/mol. The zero-order chi connectivity index (χ0) is 14.4. The van der Waals surface area contributed by atoms with Crippen molar-refractivity contribution >= 4 is 23.5 Å². The lowest BCUT2D eigenvalue weighted by Gasteiger charge is -2.10. The van der Waals surface area contributed by atoms with Crippen LogP contribution in [0.4, 0.5) is 0 Å². The van der Waals surface area contributed by atoms with Gasteiger partial charge in [-0.25, -0.2) is 9.59 Å². The van der Waals surface area contributed by atoms with Crippen molar-refractivity contribution in [3.63, 3.8) is 0 Å². The maximum atomic E-state index is 11.9. The Morgan fingerprint density at radius 2 is 1.79 bits per heavy atom. The number of ether oxygens (including phenoxy) is 2. The Morgan fingerprint density at radius 1 is 1.21 bits per heavy atom. The lowest BCUT2D eigenvalue weighted by molar-refractivity contribution is 0.0478. The van der Waals surface area contributed by atoms with Crippen LogP contribution < -0.4 is 0 Å². The molecule has 0 heterocycles. The average Bonchev–Trinajstić information content (AvgIpc) is 2.38. The number of esters is 2. The highest BCUT2D eigenvalue weighted by Gasteiger charge is 2.25. The molecule has 1 aromatic rings. The Kier molecular flexibility index (Phi) is 5.34. The van der Waals surface area contributed by atoms with Gasteiger partial charge in [0.2, 0.25) is 0 Å². The second-order valence-electron chi connectivity index (χ2n) is 3.40. The van der Waals surface area contributed by atoms with Crippen molar-refractivity contribution in [2.24, 2.45) is 0 Å². The molecule has 0 aliphatic heterocycles. The summed E-state index contributed by atoms with van der Waals surface area (Å²) in [6.45, 7) is 3.55. The van der Waals surface area contributed by atoms with E-state index in [0.29, 0.717) is 0 Å². The quantitative estimate of drug-likeness (QED) is 0.793. The summed E-state index contributed by atoms with van der Waals surface area (Å²) in [5.74, 6) is -1.47. The van der Waals surface area contributed by atoms with Crippen LogP contribution in [-0.4, -0.2) is 25.2 Å². The molecule has 0 radical (unpaired) electrons. The molecule has 0 unspecified atom stereocenters. The van der Waals surface area contributed by atoms with Crippen LogP contribution in [0.1, 0.15) is 40.1 Å². The minimum atomic E-state index is -0.774. The lowest BCUT2D eigenvalue weighted by atomic mass is 10.0. The number of nitriles is 1. The summed E-state index contributed by atoms with van der Waals surface area (Å²) in [4.78, 5) is 23.6. The van der Waals surface area contributed by atoms with Gasteiger partial charge in [0.15, 0.2) is 0 Å². The maximum absolute atomic E-state index is 11.9. The summed E-state index contributed by atoms with van der Waals surface area (Å²) < 4.78 is 9.67. The van der Waals surface area contributed by atoms with Crippen molar-refractivity contribution in [1.29, 1.82) is 5.26 Å². The number of carbonyl (C=O) groups is 2. The van der Waals surface area contributed by atoms with Gasteiger partial charge in [0.25, 0.3) is 0 Å². The zero-order valence-corrected chi connectivity index (χ0v) is 11.3. The van der Waals surface area contributed by atoms with Crippen LogP contribution in [0, 0.1) is 11.3 Å². The highest BCUT2D eigenvalue weighted by atomic mass is 35.5. The van der Waals surface area contributed by atoms with E-state index in [1.807, 2.05) is 0 Å². The van der Waals surface area contributed by atoms with Gasteiger partial charge in [0.1, 0.15) is 6.07 Å².